The molecule has 1 nitrogen and oxygen atoms in total. The van der Waals surface area contributed by atoms with E-state index in [0.29, 0.717) is 5.41 Å². The maximum absolute atomic E-state index is 3.58. The van der Waals surface area contributed by atoms with Gasteiger partial charge in [-0.25, -0.2) is 0 Å². The minimum Gasteiger partial charge on any atom is -0.361 e. The number of hydrogen-bond donors (Lipinski definition) is 1. The molecule has 2 rings (SSSR count). The van der Waals surface area contributed by atoms with Crippen LogP contribution in [0.15, 0.2) is 30.5 Å². The van der Waals surface area contributed by atoms with Crippen LogP contribution in [0, 0.1) is 5.41 Å². The summed E-state index contributed by atoms with van der Waals surface area (Å²) in [6.45, 7) is 4.60. The van der Waals surface area contributed by atoms with Gasteiger partial charge in [-0.3, -0.25) is 0 Å². The number of fused-ring (bicyclic) bond motifs is 1. The number of nitrogens with one attached hydrogen (secondary N) is 1. The SMILES string of the molecule is CC(C)(CBr)CCc1c[nH]c2ccccc12. The van der Waals surface area contributed by atoms with E-state index < -0.39 is 0 Å². The highest BCUT2D eigenvalue weighted by molar-refractivity contribution is 9.09. The van der Waals surface area contributed by atoms with Crippen molar-refractivity contribution in [3.63, 3.8) is 0 Å². The van der Waals surface area contributed by atoms with Crippen molar-refractivity contribution in [2.45, 2.75) is 26.7 Å². The van der Waals surface area contributed by atoms with E-state index in [1.165, 1.54) is 22.9 Å². The second-order valence-electron chi connectivity index (χ2n) is 5.16. The standard InChI is InChI=1S/C14H18BrN/c1-14(2,10-15)8-7-11-9-16-13-6-4-3-5-12(11)13/h3-6,9,16H,7-8,10H2,1-2H3. The van der Waals surface area contributed by atoms with Crippen LogP contribution in [0.2, 0.25) is 0 Å². The van der Waals surface area contributed by atoms with Gasteiger partial charge in [-0.1, -0.05) is 48.0 Å². The van der Waals surface area contributed by atoms with Crippen LogP contribution in [0.5, 0.6) is 0 Å². The average Bonchev–Trinajstić information content (AvgIpc) is 2.70. The van der Waals surface area contributed by atoms with Crippen molar-refractivity contribution in [1.29, 1.82) is 0 Å². The monoisotopic (exact) mass is 279 g/mol. The van der Waals surface area contributed by atoms with Gasteiger partial charge in [-0.2, -0.15) is 0 Å². The van der Waals surface area contributed by atoms with Crippen molar-refractivity contribution in [2.75, 3.05) is 5.33 Å². The molecule has 0 aliphatic heterocycles. The molecule has 1 N–H and O–H groups in total. The summed E-state index contributed by atoms with van der Waals surface area (Å²) >= 11 is 3.58. The van der Waals surface area contributed by atoms with E-state index in [1.54, 1.807) is 0 Å². The van der Waals surface area contributed by atoms with E-state index in [9.17, 15) is 0 Å². The highest BCUT2D eigenvalue weighted by Crippen LogP contribution is 2.27. The lowest BCUT2D eigenvalue weighted by molar-refractivity contribution is 0.391. The van der Waals surface area contributed by atoms with E-state index in [0.717, 1.165) is 11.8 Å². The van der Waals surface area contributed by atoms with Crippen LogP contribution in [0.4, 0.5) is 0 Å². The summed E-state index contributed by atoms with van der Waals surface area (Å²) in [6, 6.07) is 8.51. The molecule has 0 radical (unpaired) electrons. The van der Waals surface area contributed by atoms with Crippen molar-refractivity contribution in [2.24, 2.45) is 5.41 Å². The van der Waals surface area contributed by atoms with Crippen LogP contribution in [-0.2, 0) is 6.42 Å². The first-order valence-electron chi connectivity index (χ1n) is 5.73. The number of para-hydroxylation sites is 1. The molecule has 0 fully saturated rings. The van der Waals surface area contributed by atoms with Gasteiger partial charge in [0.05, 0.1) is 0 Å². The Hall–Kier alpha value is -0.760. The van der Waals surface area contributed by atoms with E-state index in [-0.39, 0.29) is 0 Å². The van der Waals surface area contributed by atoms with Crippen LogP contribution in [0.25, 0.3) is 10.9 Å². The summed E-state index contributed by atoms with van der Waals surface area (Å²) in [5, 5.41) is 2.43. The molecule has 1 aromatic carbocycles. The first-order valence-corrected chi connectivity index (χ1v) is 6.85. The summed E-state index contributed by atoms with van der Waals surface area (Å²) in [5.41, 5.74) is 3.05. The highest BCUT2D eigenvalue weighted by Gasteiger charge is 2.16. The second-order valence-corrected chi connectivity index (χ2v) is 5.72. The van der Waals surface area contributed by atoms with E-state index in [1.807, 2.05) is 0 Å². The van der Waals surface area contributed by atoms with Gasteiger partial charge in [0.2, 0.25) is 0 Å². The first kappa shape index (κ1) is 11.7. The fraction of sp³-hybridized carbons (Fsp3) is 0.429. The van der Waals surface area contributed by atoms with Gasteiger partial charge in [0.25, 0.3) is 0 Å². The molecule has 2 aromatic rings. The molecule has 1 heterocycles. The summed E-state index contributed by atoms with van der Waals surface area (Å²) in [7, 11) is 0. The minimum atomic E-state index is 0.373. The predicted molar refractivity (Wildman–Crippen MR) is 74.2 cm³/mol. The van der Waals surface area contributed by atoms with Gasteiger partial charge < -0.3 is 4.98 Å². The summed E-state index contributed by atoms with van der Waals surface area (Å²) < 4.78 is 0. The summed E-state index contributed by atoms with van der Waals surface area (Å²) in [4.78, 5) is 3.33. The Kier molecular flexibility index (Phi) is 3.38. The van der Waals surface area contributed by atoms with Gasteiger partial charge in [0.1, 0.15) is 0 Å². The number of aromatic amines is 1. The molecule has 0 amide bonds. The fourth-order valence-corrected chi connectivity index (χ4v) is 2.16. The average molecular weight is 280 g/mol. The maximum Gasteiger partial charge on any atom is 0.0456 e. The smallest absolute Gasteiger partial charge is 0.0456 e. The lowest BCUT2D eigenvalue weighted by atomic mass is 9.88. The number of alkyl halides is 1. The fourth-order valence-electron chi connectivity index (χ4n) is 1.88. The van der Waals surface area contributed by atoms with E-state index >= 15 is 0 Å². The Morgan fingerprint density at radius 3 is 2.75 bits per heavy atom. The second kappa shape index (κ2) is 4.62. The first-order chi connectivity index (χ1) is 7.62. The van der Waals surface area contributed by atoms with Crippen molar-refractivity contribution >= 4 is 26.8 Å². The zero-order valence-corrected chi connectivity index (χ0v) is 11.5. The molecule has 86 valence electrons. The van der Waals surface area contributed by atoms with Crippen LogP contribution in [-0.4, -0.2) is 10.3 Å². The molecule has 0 unspecified atom stereocenters. The number of rotatable bonds is 4. The maximum atomic E-state index is 3.58. The normalized spacial score (nSPS) is 12.2. The van der Waals surface area contributed by atoms with Crippen molar-refractivity contribution in [3.05, 3.63) is 36.0 Å². The number of aryl methyl sites for hydroxylation is 1. The molecule has 0 atom stereocenters. The van der Waals surface area contributed by atoms with Gasteiger partial charge >= 0.3 is 0 Å². The molecule has 0 saturated carbocycles. The van der Waals surface area contributed by atoms with E-state index in [4.69, 9.17) is 0 Å². The Bertz CT molecular complexity index is 470. The summed E-state index contributed by atoms with van der Waals surface area (Å²) in [6.07, 6.45) is 4.50. The van der Waals surface area contributed by atoms with Crippen LogP contribution >= 0.6 is 15.9 Å². The molecule has 0 aliphatic carbocycles. The predicted octanol–water partition coefficient (Wildman–Crippen LogP) is 4.52. The van der Waals surface area contributed by atoms with Gasteiger partial charge in [-0.15, -0.1) is 0 Å². The topological polar surface area (TPSA) is 15.8 Å². The van der Waals surface area contributed by atoms with Crippen molar-refractivity contribution < 1.29 is 0 Å². The Morgan fingerprint density at radius 1 is 1.25 bits per heavy atom. The molecule has 1 aromatic heterocycles. The molecule has 0 bridgehead atoms. The molecular formula is C14H18BrN. The molecule has 2 heteroatoms. The third kappa shape index (κ3) is 2.49. The zero-order valence-electron chi connectivity index (χ0n) is 9.89. The number of aromatic nitrogens is 1. The van der Waals surface area contributed by atoms with Crippen LogP contribution in [0.3, 0.4) is 0 Å². The van der Waals surface area contributed by atoms with Crippen molar-refractivity contribution in [1.82, 2.24) is 4.98 Å². The Morgan fingerprint density at radius 2 is 2.00 bits per heavy atom. The number of benzene rings is 1. The number of halogens is 1. The third-order valence-electron chi connectivity index (χ3n) is 3.11. The quantitative estimate of drug-likeness (QED) is 0.792. The Labute approximate surface area is 105 Å². The van der Waals surface area contributed by atoms with E-state index in [2.05, 4.69) is 65.2 Å². The highest BCUT2D eigenvalue weighted by atomic mass is 79.9. The molecule has 16 heavy (non-hydrogen) atoms. The molecule has 0 saturated heterocycles. The minimum absolute atomic E-state index is 0.373. The van der Waals surface area contributed by atoms with Gasteiger partial charge in [0, 0.05) is 22.4 Å². The van der Waals surface area contributed by atoms with Gasteiger partial charge in [-0.05, 0) is 29.9 Å². The zero-order chi connectivity index (χ0) is 11.6. The van der Waals surface area contributed by atoms with Gasteiger partial charge in [0.15, 0.2) is 0 Å². The number of H-pyrrole nitrogens is 1. The molecule has 0 aliphatic rings. The molecule has 0 spiro atoms. The Balaban J connectivity index is 2.16. The summed E-state index contributed by atoms with van der Waals surface area (Å²) in [5.74, 6) is 0. The lowest BCUT2D eigenvalue weighted by Gasteiger charge is -2.20. The van der Waals surface area contributed by atoms with Crippen LogP contribution in [0.1, 0.15) is 25.8 Å². The largest absolute Gasteiger partial charge is 0.361 e. The lowest BCUT2D eigenvalue weighted by Crippen LogP contribution is -2.13. The molecular weight excluding hydrogens is 262 g/mol. The number of hydrogen-bond acceptors (Lipinski definition) is 0. The van der Waals surface area contributed by atoms with Crippen molar-refractivity contribution in [3.8, 4) is 0 Å². The third-order valence-corrected chi connectivity index (χ3v) is 4.63. The van der Waals surface area contributed by atoms with Crippen LogP contribution < -0.4 is 0 Å².